The summed E-state index contributed by atoms with van der Waals surface area (Å²) in [6, 6.07) is 11.1. The van der Waals surface area contributed by atoms with Crippen LogP contribution in [0.25, 0.3) is 16.8 Å². The summed E-state index contributed by atoms with van der Waals surface area (Å²) >= 11 is 0. The number of rotatable bonds is 5. The van der Waals surface area contributed by atoms with Crippen molar-refractivity contribution in [3.8, 4) is 17.3 Å². The molecule has 0 aromatic carbocycles. The van der Waals surface area contributed by atoms with Gasteiger partial charge in [0.1, 0.15) is 5.69 Å². The maximum absolute atomic E-state index is 12.9. The van der Waals surface area contributed by atoms with Crippen LogP contribution in [-0.2, 0) is 0 Å². The average molecular weight is 402 g/mol. The highest BCUT2D eigenvalue weighted by Crippen LogP contribution is 2.23. The zero-order chi connectivity index (χ0) is 20.9. The zero-order valence-corrected chi connectivity index (χ0v) is 16.5. The number of carbonyl (C=O) groups excluding carboxylic acids is 2. The summed E-state index contributed by atoms with van der Waals surface area (Å²) in [7, 11) is 0. The topological polar surface area (TPSA) is 103 Å². The predicted octanol–water partition coefficient (Wildman–Crippen LogP) is 2.67. The molecule has 0 radical (unpaired) electrons. The third-order valence-corrected chi connectivity index (χ3v) is 5.23. The summed E-state index contributed by atoms with van der Waals surface area (Å²) in [4.78, 5) is 31.2. The van der Waals surface area contributed by atoms with Gasteiger partial charge in [-0.3, -0.25) is 14.6 Å². The second kappa shape index (κ2) is 8.74. The smallest absolute Gasteiger partial charge is 0.269 e. The molecule has 1 aliphatic heterocycles. The van der Waals surface area contributed by atoms with Crippen LogP contribution >= 0.6 is 0 Å². The summed E-state index contributed by atoms with van der Waals surface area (Å²) in [5.74, 6) is -0.298. The number of aromatic nitrogens is 3. The first-order valence-corrected chi connectivity index (χ1v) is 10.1. The molecule has 2 amide bonds. The lowest BCUT2D eigenvalue weighted by Gasteiger charge is -2.26. The number of hydrogen-bond donors (Lipinski definition) is 1. The molecule has 1 fully saturated rings. The number of piperidine rings is 1. The van der Waals surface area contributed by atoms with E-state index in [1.54, 1.807) is 29.0 Å². The fraction of sp³-hybridized carbons (Fsp3) is 0.318. The molecule has 30 heavy (non-hydrogen) atoms. The summed E-state index contributed by atoms with van der Waals surface area (Å²) in [6.45, 7) is 1.87. The van der Waals surface area contributed by atoms with E-state index in [1.165, 1.54) is 6.42 Å². The highest BCUT2D eigenvalue weighted by Gasteiger charge is 2.22. The Morgan fingerprint density at radius 1 is 1.10 bits per heavy atom. The van der Waals surface area contributed by atoms with E-state index in [2.05, 4.69) is 15.4 Å². The van der Waals surface area contributed by atoms with Gasteiger partial charge >= 0.3 is 0 Å². The lowest BCUT2D eigenvalue weighted by molar-refractivity contribution is 0.0726. The molecule has 0 saturated carbocycles. The third-order valence-electron chi connectivity index (χ3n) is 5.23. The number of pyridine rings is 2. The monoisotopic (exact) mass is 402 g/mol. The van der Waals surface area contributed by atoms with Crippen molar-refractivity contribution in [1.29, 1.82) is 5.26 Å². The van der Waals surface area contributed by atoms with E-state index in [0.717, 1.165) is 42.7 Å². The number of likely N-dealkylation sites (tertiary alicyclic amines) is 1. The van der Waals surface area contributed by atoms with E-state index in [0.29, 0.717) is 12.1 Å². The van der Waals surface area contributed by atoms with Crippen molar-refractivity contribution in [2.75, 3.05) is 19.6 Å². The number of nitrogens with one attached hydrogen (secondary N) is 1. The van der Waals surface area contributed by atoms with Crippen LogP contribution < -0.4 is 5.32 Å². The molecule has 0 aliphatic carbocycles. The van der Waals surface area contributed by atoms with Gasteiger partial charge in [0.05, 0.1) is 35.5 Å². The van der Waals surface area contributed by atoms with Gasteiger partial charge in [0.2, 0.25) is 0 Å². The Morgan fingerprint density at radius 3 is 2.67 bits per heavy atom. The van der Waals surface area contributed by atoms with Gasteiger partial charge in [0.25, 0.3) is 11.8 Å². The Morgan fingerprint density at radius 2 is 1.93 bits per heavy atom. The van der Waals surface area contributed by atoms with Gasteiger partial charge in [-0.25, -0.2) is 4.52 Å². The summed E-state index contributed by atoms with van der Waals surface area (Å²) in [5, 5.41) is 15.7. The van der Waals surface area contributed by atoms with Crippen molar-refractivity contribution in [3.63, 3.8) is 0 Å². The largest absolute Gasteiger partial charge is 0.350 e. The fourth-order valence-electron chi connectivity index (χ4n) is 3.66. The minimum atomic E-state index is -0.316. The average Bonchev–Trinajstić information content (AvgIpc) is 3.23. The normalized spacial score (nSPS) is 13.8. The van der Waals surface area contributed by atoms with Crippen molar-refractivity contribution in [2.24, 2.45) is 0 Å². The number of nitriles is 1. The van der Waals surface area contributed by atoms with Gasteiger partial charge in [-0.15, -0.1) is 0 Å². The summed E-state index contributed by atoms with van der Waals surface area (Å²) in [6.07, 6.45) is 6.74. The predicted molar refractivity (Wildman–Crippen MR) is 111 cm³/mol. The molecule has 8 heteroatoms. The maximum atomic E-state index is 12.9. The van der Waals surface area contributed by atoms with E-state index in [1.807, 2.05) is 29.2 Å². The Labute approximate surface area is 174 Å². The second-order valence-corrected chi connectivity index (χ2v) is 7.22. The first kappa shape index (κ1) is 19.6. The van der Waals surface area contributed by atoms with Crippen molar-refractivity contribution in [3.05, 3.63) is 54.0 Å². The first-order valence-electron chi connectivity index (χ1n) is 10.1. The highest BCUT2D eigenvalue weighted by atomic mass is 16.2. The number of nitrogens with zero attached hydrogens (tertiary/aromatic N) is 5. The molecule has 4 rings (SSSR count). The van der Waals surface area contributed by atoms with Crippen molar-refractivity contribution in [1.82, 2.24) is 24.8 Å². The molecular formula is C22H22N6O2. The molecule has 0 bridgehead atoms. The number of amides is 2. The molecule has 1 saturated heterocycles. The summed E-state index contributed by atoms with van der Waals surface area (Å²) < 4.78 is 1.74. The third kappa shape index (κ3) is 3.87. The van der Waals surface area contributed by atoms with Gasteiger partial charge in [0.15, 0.2) is 0 Å². The van der Waals surface area contributed by atoms with E-state index in [-0.39, 0.29) is 23.9 Å². The molecular weight excluding hydrogens is 380 g/mol. The van der Waals surface area contributed by atoms with Crippen LogP contribution in [-0.4, -0.2) is 50.9 Å². The van der Waals surface area contributed by atoms with Crippen LogP contribution in [0, 0.1) is 11.3 Å². The number of carbonyl (C=O) groups is 2. The molecule has 152 valence electrons. The molecule has 0 spiro atoms. The van der Waals surface area contributed by atoms with E-state index >= 15 is 0 Å². The molecule has 1 aliphatic rings. The number of fused-ring (bicyclic) bond motifs is 1. The molecule has 3 aromatic rings. The van der Waals surface area contributed by atoms with Crippen LogP contribution in [0.15, 0.2) is 42.7 Å². The SMILES string of the molecule is N#CCCNC(=O)c1ccc(-c2cccc3c(C(=O)N4CCCCC4)cnn23)cn1. The van der Waals surface area contributed by atoms with Crippen molar-refractivity contribution >= 4 is 17.3 Å². The summed E-state index contributed by atoms with van der Waals surface area (Å²) in [5.41, 5.74) is 3.20. The Kier molecular flexibility index (Phi) is 5.70. The number of hydrogen-bond acceptors (Lipinski definition) is 5. The van der Waals surface area contributed by atoms with Gasteiger partial charge in [-0.1, -0.05) is 6.07 Å². The quantitative estimate of drug-likeness (QED) is 0.661. The molecule has 3 aromatic heterocycles. The van der Waals surface area contributed by atoms with E-state index < -0.39 is 0 Å². The second-order valence-electron chi connectivity index (χ2n) is 7.22. The van der Waals surface area contributed by atoms with Crippen LogP contribution in [0.5, 0.6) is 0 Å². The molecule has 1 N–H and O–H groups in total. The van der Waals surface area contributed by atoms with Gasteiger partial charge < -0.3 is 10.2 Å². The van der Waals surface area contributed by atoms with Crippen LogP contribution in [0.2, 0.25) is 0 Å². The molecule has 4 heterocycles. The van der Waals surface area contributed by atoms with Gasteiger partial charge in [0, 0.05) is 31.4 Å². The van der Waals surface area contributed by atoms with Crippen LogP contribution in [0.3, 0.4) is 0 Å². The molecule has 0 atom stereocenters. The standard InChI is InChI=1S/C22H22N6O2/c23-10-5-11-24-21(29)18-9-8-16(14-25-18)19-6-4-7-20-17(15-26-28(19)20)22(30)27-12-2-1-3-13-27/h4,6-9,14-15H,1-3,5,11-13H2,(H,24,29). The molecule has 0 unspecified atom stereocenters. The van der Waals surface area contributed by atoms with E-state index in [4.69, 9.17) is 5.26 Å². The Hall–Kier alpha value is -3.73. The lowest BCUT2D eigenvalue weighted by atomic mass is 10.1. The van der Waals surface area contributed by atoms with Crippen LogP contribution in [0.1, 0.15) is 46.5 Å². The minimum absolute atomic E-state index is 0.0179. The highest BCUT2D eigenvalue weighted by molar-refractivity contribution is 6.01. The fourth-order valence-corrected chi connectivity index (χ4v) is 3.66. The van der Waals surface area contributed by atoms with Gasteiger partial charge in [-0.2, -0.15) is 10.4 Å². The van der Waals surface area contributed by atoms with Crippen molar-refractivity contribution < 1.29 is 9.59 Å². The van der Waals surface area contributed by atoms with Crippen molar-refractivity contribution in [2.45, 2.75) is 25.7 Å². The molecule has 8 nitrogen and oxygen atoms in total. The Balaban J connectivity index is 1.59. The first-order chi connectivity index (χ1) is 14.7. The van der Waals surface area contributed by atoms with E-state index in [9.17, 15) is 9.59 Å². The maximum Gasteiger partial charge on any atom is 0.269 e. The Bertz CT molecular complexity index is 1110. The van der Waals surface area contributed by atoms with Crippen LogP contribution in [0.4, 0.5) is 0 Å². The lowest BCUT2D eigenvalue weighted by Crippen LogP contribution is -2.35. The van der Waals surface area contributed by atoms with Gasteiger partial charge in [-0.05, 0) is 43.5 Å². The minimum Gasteiger partial charge on any atom is -0.350 e. The zero-order valence-electron chi connectivity index (χ0n) is 16.5.